The van der Waals surface area contributed by atoms with Crippen LogP contribution in [0.1, 0.15) is 6.92 Å². The fourth-order valence-corrected chi connectivity index (χ4v) is 0.692. The van der Waals surface area contributed by atoms with Crippen LogP contribution in [-0.4, -0.2) is 25.1 Å². The van der Waals surface area contributed by atoms with E-state index < -0.39 is 0 Å². The number of rotatable bonds is 0. The molecular weight excluding hydrogens is 104 g/mol. The van der Waals surface area contributed by atoms with Crippen LogP contribution < -0.4 is 5.73 Å². The third-order valence-electron chi connectivity index (χ3n) is 0.995. The predicted molar refractivity (Wildman–Crippen MR) is 31.9 cm³/mol. The van der Waals surface area contributed by atoms with Crippen molar-refractivity contribution in [1.82, 2.24) is 0 Å². The molecule has 1 rings (SSSR count). The maximum atomic E-state index is 5.35. The van der Waals surface area contributed by atoms with Crippen molar-refractivity contribution in [3.63, 3.8) is 0 Å². The molecular formula is C5H10N2O. The standard InChI is InChI=1S/C5H10N2O/c1-4-2-8-3-5(6)7-4/h4H,2-3H2,1H3,(H2,6,7)/t4-/m0/s1. The summed E-state index contributed by atoms with van der Waals surface area (Å²) < 4.78 is 5.04. The van der Waals surface area contributed by atoms with Crippen molar-refractivity contribution in [1.29, 1.82) is 0 Å². The van der Waals surface area contributed by atoms with Gasteiger partial charge in [0, 0.05) is 0 Å². The first kappa shape index (κ1) is 5.56. The number of amidine groups is 1. The third-order valence-corrected chi connectivity index (χ3v) is 0.995. The van der Waals surface area contributed by atoms with Crippen LogP contribution in [0, 0.1) is 0 Å². The Labute approximate surface area is 48.5 Å². The highest BCUT2D eigenvalue weighted by atomic mass is 16.5. The number of aliphatic imine (C=N–C) groups is 1. The van der Waals surface area contributed by atoms with E-state index in [1.807, 2.05) is 6.92 Å². The van der Waals surface area contributed by atoms with Gasteiger partial charge in [-0.1, -0.05) is 0 Å². The zero-order valence-electron chi connectivity index (χ0n) is 4.92. The molecule has 0 aliphatic carbocycles. The molecule has 0 amide bonds. The number of ether oxygens (including phenoxy) is 1. The average Bonchev–Trinajstić information content (AvgIpc) is 1.64. The highest BCUT2D eigenvalue weighted by Crippen LogP contribution is 1.96. The summed E-state index contributed by atoms with van der Waals surface area (Å²) in [5.74, 6) is 0.615. The summed E-state index contributed by atoms with van der Waals surface area (Å²) in [7, 11) is 0. The van der Waals surface area contributed by atoms with Gasteiger partial charge in [0.2, 0.25) is 0 Å². The molecule has 2 N–H and O–H groups in total. The topological polar surface area (TPSA) is 47.6 Å². The van der Waals surface area contributed by atoms with Gasteiger partial charge in [0.1, 0.15) is 12.4 Å². The molecule has 0 bridgehead atoms. The first-order valence-corrected chi connectivity index (χ1v) is 2.69. The number of hydrogen-bond donors (Lipinski definition) is 1. The van der Waals surface area contributed by atoms with E-state index in [0.717, 1.165) is 0 Å². The second-order valence-corrected chi connectivity index (χ2v) is 1.98. The summed E-state index contributed by atoms with van der Waals surface area (Å²) in [4.78, 5) is 4.05. The molecule has 46 valence electrons. The minimum atomic E-state index is 0.253. The Morgan fingerprint density at radius 2 is 2.62 bits per heavy atom. The van der Waals surface area contributed by atoms with Gasteiger partial charge in [-0.3, -0.25) is 4.99 Å². The van der Waals surface area contributed by atoms with Crippen molar-refractivity contribution in [3.8, 4) is 0 Å². The van der Waals surface area contributed by atoms with Gasteiger partial charge in [-0.05, 0) is 6.92 Å². The highest BCUT2D eigenvalue weighted by molar-refractivity contribution is 5.82. The van der Waals surface area contributed by atoms with Gasteiger partial charge in [0.25, 0.3) is 0 Å². The van der Waals surface area contributed by atoms with Gasteiger partial charge in [-0.15, -0.1) is 0 Å². The highest BCUT2D eigenvalue weighted by Gasteiger charge is 2.06. The molecule has 1 aliphatic rings. The van der Waals surface area contributed by atoms with Crippen LogP contribution >= 0.6 is 0 Å². The van der Waals surface area contributed by atoms with Crippen molar-refractivity contribution in [2.45, 2.75) is 13.0 Å². The molecule has 0 saturated carbocycles. The van der Waals surface area contributed by atoms with E-state index in [9.17, 15) is 0 Å². The molecule has 3 nitrogen and oxygen atoms in total. The van der Waals surface area contributed by atoms with Crippen molar-refractivity contribution >= 4 is 5.84 Å². The van der Waals surface area contributed by atoms with Crippen LogP contribution in [0.2, 0.25) is 0 Å². The summed E-state index contributed by atoms with van der Waals surface area (Å²) in [6.45, 7) is 3.19. The summed E-state index contributed by atoms with van der Waals surface area (Å²) >= 11 is 0. The molecule has 0 spiro atoms. The van der Waals surface area contributed by atoms with E-state index in [0.29, 0.717) is 19.0 Å². The Morgan fingerprint density at radius 1 is 1.88 bits per heavy atom. The largest absolute Gasteiger partial charge is 0.386 e. The Kier molecular flexibility index (Phi) is 1.48. The minimum absolute atomic E-state index is 0.253. The monoisotopic (exact) mass is 114 g/mol. The summed E-state index contributed by atoms with van der Waals surface area (Å²) in [5.41, 5.74) is 5.35. The van der Waals surface area contributed by atoms with Crippen LogP contribution in [0.25, 0.3) is 0 Å². The van der Waals surface area contributed by atoms with Crippen LogP contribution in [0.15, 0.2) is 4.99 Å². The van der Waals surface area contributed by atoms with E-state index in [1.54, 1.807) is 0 Å². The molecule has 1 heterocycles. The number of hydrogen-bond acceptors (Lipinski definition) is 3. The molecule has 1 atom stereocenters. The van der Waals surface area contributed by atoms with E-state index >= 15 is 0 Å². The molecule has 3 heteroatoms. The predicted octanol–water partition coefficient (Wildman–Crippen LogP) is -0.238. The smallest absolute Gasteiger partial charge is 0.120 e. The SMILES string of the molecule is C[C@H]1COCC(N)=N1. The molecule has 8 heavy (non-hydrogen) atoms. The van der Waals surface area contributed by atoms with Crippen LogP contribution in [-0.2, 0) is 4.74 Å². The van der Waals surface area contributed by atoms with Crippen molar-refractivity contribution < 1.29 is 4.74 Å². The van der Waals surface area contributed by atoms with Gasteiger partial charge in [-0.25, -0.2) is 0 Å². The number of nitrogens with two attached hydrogens (primary N) is 1. The first-order chi connectivity index (χ1) is 3.79. The molecule has 0 aromatic carbocycles. The normalized spacial score (nSPS) is 29.6. The molecule has 0 fully saturated rings. The lowest BCUT2D eigenvalue weighted by Crippen LogP contribution is -2.29. The lowest BCUT2D eigenvalue weighted by molar-refractivity contribution is 0.148. The van der Waals surface area contributed by atoms with Gasteiger partial charge < -0.3 is 10.5 Å². The van der Waals surface area contributed by atoms with E-state index in [1.165, 1.54) is 0 Å². The molecule has 0 aromatic heterocycles. The maximum absolute atomic E-state index is 5.35. The van der Waals surface area contributed by atoms with Crippen LogP contribution in [0.5, 0.6) is 0 Å². The Bertz CT molecular complexity index is 111. The second kappa shape index (κ2) is 2.13. The quantitative estimate of drug-likeness (QED) is 0.472. The lowest BCUT2D eigenvalue weighted by atomic mass is 10.3. The fraction of sp³-hybridized carbons (Fsp3) is 0.800. The second-order valence-electron chi connectivity index (χ2n) is 1.98. The van der Waals surface area contributed by atoms with Crippen molar-refractivity contribution in [2.24, 2.45) is 10.7 Å². The van der Waals surface area contributed by atoms with Gasteiger partial charge >= 0.3 is 0 Å². The van der Waals surface area contributed by atoms with Crippen molar-refractivity contribution in [2.75, 3.05) is 13.2 Å². The minimum Gasteiger partial charge on any atom is -0.386 e. The Morgan fingerprint density at radius 3 is 3.00 bits per heavy atom. The zero-order chi connectivity index (χ0) is 5.98. The summed E-state index contributed by atoms with van der Waals surface area (Å²) in [5, 5.41) is 0. The van der Waals surface area contributed by atoms with E-state index in [4.69, 9.17) is 10.5 Å². The molecule has 0 aromatic rings. The molecule has 0 saturated heterocycles. The van der Waals surface area contributed by atoms with Gasteiger partial charge in [-0.2, -0.15) is 0 Å². The lowest BCUT2D eigenvalue weighted by Gasteiger charge is -2.13. The molecule has 0 unspecified atom stereocenters. The molecule has 1 aliphatic heterocycles. The van der Waals surface area contributed by atoms with E-state index in [-0.39, 0.29) is 6.04 Å². The maximum Gasteiger partial charge on any atom is 0.120 e. The van der Waals surface area contributed by atoms with E-state index in [2.05, 4.69) is 4.99 Å². The van der Waals surface area contributed by atoms with Crippen molar-refractivity contribution in [3.05, 3.63) is 0 Å². The fourth-order valence-electron chi connectivity index (χ4n) is 0.692. The van der Waals surface area contributed by atoms with Crippen LogP contribution in [0.3, 0.4) is 0 Å². The van der Waals surface area contributed by atoms with Crippen LogP contribution in [0.4, 0.5) is 0 Å². The average molecular weight is 114 g/mol. The third kappa shape index (κ3) is 1.20. The summed E-state index contributed by atoms with van der Waals surface area (Å²) in [6.07, 6.45) is 0. The zero-order valence-corrected chi connectivity index (χ0v) is 4.92. The summed E-state index contributed by atoms with van der Waals surface area (Å²) in [6, 6.07) is 0.253. The van der Waals surface area contributed by atoms with Gasteiger partial charge in [0.05, 0.1) is 12.6 Å². The molecule has 0 radical (unpaired) electrons. The Balaban J connectivity index is 2.50. The number of nitrogens with zero attached hydrogens (tertiary/aromatic N) is 1. The Hall–Kier alpha value is -0.570. The van der Waals surface area contributed by atoms with Gasteiger partial charge in [0.15, 0.2) is 0 Å². The first-order valence-electron chi connectivity index (χ1n) is 2.69.